The molecular weight excluding hydrogens is 314 g/mol. The van der Waals surface area contributed by atoms with E-state index in [2.05, 4.69) is 5.32 Å². The minimum absolute atomic E-state index is 0.301. The molecule has 1 heterocycles. The normalized spacial score (nSPS) is 13.4. The van der Waals surface area contributed by atoms with E-state index in [4.69, 9.17) is 5.73 Å². The molecule has 3 aromatic carbocycles. The van der Waals surface area contributed by atoms with E-state index >= 15 is 0 Å². The highest BCUT2D eigenvalue weighted by Gasteiger charge is 2.34. The standard InChI is InChI=1S/C20H17N3O2/c21-11-12-22-17-10-9-16-18-14(17)7-4-8-15(18)19(24)23(20(16)25)13-5-2-1-3-6-13/h1-10,22H,11-12,21H2. The summed E-state index contributed by atoms with van der Waals surface area (Å²) in [5.74, 6) is -0.601. The Morgan fingerprint density at radius 3 is 2.28 bits per heavy atom. The number of carbonyl (C=O) groups is 2. The van der Waals surface area contributed by atoms with Crippen LogP contribution in [0, 0.1) is 0 Å². The number of nitrogens with zero attached hydrogens (tertiary/aromatic N) is 1. The van der Waals surface area contributed by atoms with E-state index < -0.39 is 0 Å². The number of carbonyl (C=O) groups excluding carboxylic acids is 2. The third kappa shape index (κ3) is 2.37. The molecule has 1 aliphatic rings. The zero-order valence-corrected chi connectivity index (χ0v) is 13.5. The summed E-state index contributed by atoms with van der Waals surface area (Å²) in [5, 5.41) is 4.81. The fourth-order valence-electron chi connectivity index (χ4n) is 3.27. The molecular formula is C20H17N3O2. The van der Waals surface area contributed by atoms with Gasteiger partial charge in [0.1, 0.15) is 0 Å². The molecule has 1 aliphatic heterocycles. The molecule has 0 saturated carbocycles. The Morgan fingerprint density at radius 1 is 0.840 bits per heavy atom. The lowest BCUT2D eigenvalue weighted by atomic mass is 9.92. The third-order valence-electron chi connectivity index (χ3n) is 4.38. The Labute approximate surface area is 145 Å². The monoisotopic (exact) mass is 331 g/mol. The zero-order valence-electron chi connectivity index (χ0n) is 13.5. The Morgan fingerprint density at radius 2 is 1.56 bits per heavy atom. The smallest absolute Gasteiger partial charge is 0.265 e. The molecule has 0 radical (unpaired) electrons. The molecule has 0 bridgehead atoms. The molecule has 2 amide bonds. The molecule has 0 aliphatic carbocycles. The Kier molecular flexibility index (Phi) is 3.71. The molecule has 0 atom stereocenters. The van der Waals surface area contributed by atoms with Crippen molar-refractivity contribution in [1.82, 2.24) is 0 Å². The number of para-hydroxylation sites is 1. The maximum Gasteiger partial charge on any atom is 0.265 e. The minimum atomic E-state index is -0.301. The molecule has 0 spiro atoms. The Balaban J connectivity index is 1.92. The van der Waals surface area contributed by atoms with Gasteiger partial charge in [0, 0.05) is 40.7 Å². The summed E-state index contributed by atoms with van der Waals surface area (Å²) in [4.78, 5) is 27.2. The van der Waals surface area contributed by atoms with Crippen LogP contribution < -0.4 is 16.0 Å². The van der Waals surface area contributed by atoms with Gasteiger partial charge in [-0.25, -0.2) is 4.90 Å². The van der Waals surface area contributed by atoms with Crippen LogP contribution >= 0.6 is 0 Å². The van der Waals surface area contributed by atoms with Crippen LogP contribution in [-0.2, 0) is 0 Å². The minimum Gasteiger partial charge on any atom is -0.383 e. The number of nitrogens with two attached hydrogens (primary N) is 1. The lowest BCUT2D eigenvalue weighted by molar-refractivity contribution is 0.0893. The summed E-state index contributed by atoms with van der Waals surface area (Å²) in [6.45, 7) is 1.12. The maximum atomic E-state index is 13.0. The summed E-state index contributed by atoms with van der Waals surface area (Å²) < 4.78 is 0. The molecule has 0 aromatic heterocycles. The predicted molar refractivity (Wildman–Crippen MR) is 99.1 cm³/mol. The highest BCUT2D eigenvalue weighted by atomic mass is 16.2. The number of benzene rings is 3. The van der Waals surface area contributed by atoms with Crippen molar-refractivity contribution in [1.29, 1.82) is 0 Å². The summed E-state index contributed by atoms with van der Waals surface area (Å²) >= 11 is 0. The zero-order chi connectivity index (χ0) is 17.4. The molecule has 0 saturated heterocycles. The van der Waals surface area contributed by atoms with Crippen LogP contribution in [0.3, 0.4) is 0 Å². The van der Waals surface area contributed by atoms with Gasteiger partial charge >= 0.3 is 0 Å². The number of hydrogen-bond donors (Lipinski definition) is 2. The van der Waals surface area contributed by atoms with Crippen LogP contribution in [0.5, 0.6) is 0 Å². The lowest BCUT2D eigenvalue weighted by Gasteiger charge is -2.27. The van der Waals surface area contributed by atoms with E-state index in [-0.39, 0.29) is 11.8 Å². The molecule has 5 nitrogen and oxygen atoms in total. The highest BCUT2D eigenvalue weighted by molar-refractivity contribution is 6.36. The molecule has 25 heavy (non-hydrogen) atoms. The molecule has 3 aromatic rings. The first-order valence-electron chi connectivity index (χ1n) is 8.16. The summed E-state index contributed by atoms with van der Waals surface area (Å²) in [5.41, 5.74) is 8.09. The number of rotatable bonds is 4. The summed E-state index contributed by atoms with van der Waals surface area (Å²) in [7, 11) is 0. The molecule has 4 rings (SSSR count). The van der Waals surface area contributed by atoms with Crippen LogP contribution in [0.2, 0.25) is 0 Å². The predicted octanol–water partition coefficient (Wildman–Crippen LogP) is 3.01. The highest BCUT2D eigenvalue weighted by Crippen LogP contribution is 2.35. The Bertz CT molecular complexity index is 961. The average molecular weight is 331 g/mol. The van der Waals surface area contributed by atoms with Crippen molar-refractivity contribution in [3.63, 3.8) is 0 Å². The van der Waals surface area contributed by atoms with Crippen LogP contribution in [-0.4, -0.2) is 24.9 Å². The molecule has 0 fully saturated rings. The first-order chi connectivity index (χ1) is 12.2. The van der Waals surface area contributed by atoms with E-state index in [1.165, 1.54) is 4.90 Å². The number of amides is 2. The van der Waals surface area contributed by atoms with Gasteiger partial charge in [-0.15, -0.1) is 0 Å². The third-order valence-corrected chi connectivity index (χ3v) is 4.38. The van der Waals surface area contributed by atoms with E-state index in [1.807, 2.05) is 36.4 Å². The van der Waals surface area contributed by atoms with Gasteiger partial charge in [0.05, 0.1) is 5.69 Å². The summed E-state index contributed by atoms with van der Waals surface area (Å²) in [6, 6.07) is 18.2. The topological polar surface area (TPSA) is 75.4 Å². The summed E-state index contributed by atoms with van der Waals surface area (Å²) in [6.07, 6.45) is 0. The number of anilines is 2. The quantitative estimate of drug-likeness (QED) is 0.721. The van der Waals surface area contributed by atoms with E-state index in [0.29, 0.717) is 35.3 Å². The maximum absolute atomic E-state index is 13.0. The van der Waals surface area contributed by atoms with Gasteiger partial charge in [-0.1, -0.05) is 30.3 Å². The lowest BCUT2D eigenvalue weighted by Crippen LogP contribution is -2.40. The van der Waals surface area contributed by atoms with E-state index in [0.717, 1.165) is 11.1 Å². The molecule has 124 valence electrons. The first-order valence-corrected chi connectivity index (χ1v) is 8.16. The largest absolute Gasteiger partial charge is 0.383 e. The SMILES string of the molecule is NCCNc1ccc2c3c(cccc13)C(=O)N(c1ccccc1)C2=O. The second-order valence-electron chi connectivity index (χ2n) is 5.89. The number of hydrogen-bond acceptors (Lipinski definition) is 4. The van der Waals surface area contributed by atoms with Crippen molar-refractivity contribution < 1.29 is 9.59 Å². The van der Waals surface area contributed by atoms with Gasteiger partial charge in [-0.3, -0.25) is 9.59 Å². The van der Waals surface area contributed by atoms with Crippen LogP contribution in [0.1, 0.15) is 20.7 Å². The Hall–Kier alpha value is -3.18. The van der Waals surface area contributed by atoms with Crippen molar-refractivity contribution in [3.8, 4) is 0 Å². The van der Waals surface area contributed by atoms with Gasteiger partial charge in [0.2, 0.25) is 0 Å². The van der Waals surface area contributed by atoms with Crippen LogP contribution in [0.4, 0.5) is 11.4 Å². The van der Waals surface area contributed by atoms with E-state index in [9.17, 15) is 9.59 Å². The van der Waals surface area contributed by atoms with E-state index in [1.54, 1.807) is 24.3 Å². The van der Waals surface area contributed by atoms with Crippen molar-refractivity contribution >= 4 is 34.0 Å². The van der Waals surface area contributed by atoms with Crippen molar-refractivity contribution in [2.24, 2.45) is 5.73 Å². The van der Waals surface area contributed by atoms with Gasteiger partial charge in [-0.2, -0.15) is 0 Å². The molecule has 5 heteroatoms. The fourth-order valence-corrected chi connectivity index (χ4v) is 3.27. The molecule has 0 unspecified atom stereocenters. The van der Waals surface area contributed by atoms with Crippen molar-refractivity contribution in [3.05, 3.63) is 71.8 Å². The fraction of sp³-hybridized carbons (Fsp3) is 0.100. The van der Waals surface area contributed by atoms with Gasteiger partial charge in [0.25, 0.3) is 11.8 Å². The second kappa shape index (κ2) is 6.03. The number of imide groups is 1. The van der Waals surface area contributed by atoms with Crippen LogP contribution in [0.25, 0.3) is 10.8 Å². The first kappa shape index (κ1) is 15.4. The number of nitrogens with one attached hydrogen (secondary N) is 1. The van der Waals surface area contributed by atoms with Gasteiger partial charge < -0.3 is 11.1 Å². The average Bonchev–Trinajstić information content (AvgIpc) is 2.65. The van der Waals surface area contributed by atoms with Crippen molar-refractivity contribution in [2.75, 3.05) is 23.3 Å². The van der Waals surface area contributed by atoms with Gasteiger partial charge in [-0.05, 0) is 30.3 Å². The van der Waals surface area contributed by atoms with Gasteiger partial charge in [0.15, 0.2) is 0 Å². The van der Waals surface area contributed by atoms with Crippen molar-refractivity contribution in [2.45, 2.75) is 0 Å². The van der Waals surface area contributed by atoms with Crippen LogP contribution in [0.15, 0.2) is 60.7 Å². The second-order valence-corrected chi connectivity index (χ2v) is 5.89. The molecule has 3 N–H and O–H groups in total.